The molecule has 4 unspecified atom stereocenters. The van der Waals surface area contributed by atoms with E-state index in [4.69, 9.17) is 18.5 Å². The topological polar surface area (TPSA) is 132 Å². The van der Waals surface area contributed by atoms with Crippen molar-refractivity contribution in [1.29, 1.82) is 0 Å². The number of carbonyl (C=O) groups is 3. The Balaban J connectivity index is 1.58. The molecule has 0 spiro atoms. The maximum Gasteiger partial charge on any atom is 0.459 e. The van der Waals surface area contributed by atoms with Gasteiger partial charge in [-0.1, -0.05) is 48.5 Å². The molecule has 1 aliphatic heterocycles. The molecule has 0 saturated carbocycles. The van der Waals surface area contributed by atoms with Gasteiger partial charge in [0, 0.05) is 19.3 Å². The number of para-hydroxylation sites is 1. The number of hydrogen-bond donors (Lipinski definition) is 2. The Bertz CT molecular complexity index is 1130. The van der Waals surface area contributed by atoms with Gasteiger partial charge in [-0.2, -0.15) is 5.09 Å². The van der Waals surface area contributed by atoms with Crippen molar-refractivity contribution in [1.82, 2.24) is 15.3 Å². The number of carbonyl (C=O) groups excluding carboxylic acids is 3. The second-order valence-corrected chi connectivity index (χ2v) is 10.2. The first-order valence-corrected chi connectivity index (χ1v) is 13.6. The highest BCUT2D eigenvalue weighted by Crippen LogP contribution is 2.45. The highest BCUT2D eigenvalue weighted by Gasteiger charge is 2.35. The maximum absolute atomic E-state index is 13.7. The van der Waals surface area contributed by atoms with E-state index in [0.29, 0.717) is 25.0 Å². The van der Waals surface area contributed by atoms with Crippen LogP contribution in [0, 0.1) is 0 Å². The lowest BCUT2D eigenvalue weighted by Crippen LogP contribution is -2.35. The number of esters is 1. The molecule has 1 aliphatic rings. The molecule has 1 fully saturated rings. The summed E-state index contributed by atoms with van der Waals surface area (Å²) in [5.74, 6) is -0.860. The summed E-state index contributed by atoms with van der Waals surface area (Å²) in [5, 5.41) is 4.69. The molecule has 204 valence electrons. The predicted molar refractivity (Wildman–Crippen MR) is 138 cm³/mol. The van der Waals surface area contributed by atoms with Crippen molar-refractivity contribution >= 4 is 26.0 Å². The third-order valence-corrected chi connectivity index (χ3v) is 7.17. The van der Waals surface area contributed by atoms with Crippen molar-refractivity contribution in [3.63, 3.8) is 0 Å². The van der Waals surface area contributed by atoms with Gasteiger partial charge in [-0.25, -0.2) is 4.57 Å². The highest BCUT2D eigenvalue weighted by atomic mass is 31.2. The van der Waals surface area contributed by atoms with Gasteiger partial charge in [0.15, 0.2) is 0 Å². The summed E-state index contributed by atoms with van der Waals surface area (Å²) in [7, 11) is -2.29. The molecule has 0 bridgehead atoms. The number of amides is 2. The molecule has 2 amide bonds. The highest BCUT2D eigenvalue weighted by molar-refractivity contribution is 7.52. The molecule has 38 heavy (non-hydrogen) atoms. The van der Waals surface area contributed by atoms with E-state index in [0.717, 1.165) is 5.56 Å². The minimum Gasteiger partial charge on any atom is -0.460 e. The molecular formula is C26H32N3O8P. The van der Waals surface area contributed by atoms with E-state index in [1.165, 1.54) is 19.2 Å². The summed E-state index contributed by atoms with van der Waals surface area (Å²) < 4.78 is 36.3. The second-order valence-electron chi connectivity index (χ2n) is 8.54. The van der Waals surface area contributed by atoms with Crippen LogP contribution in [-0.4, -0.2) is 55.2 Å². The Labute approximate surface area is 221 Å². The average molecular weight is 546 g/mol. The van der Waals surface area contributed by atoms with E-state index in [1.807, 2.05) is 35.6 Å². The van der Waals surface area contributed by atoms with E-state index in [-0.39, 0.29) is 19.4 Å². The first-order valence-electron chi connectivity index (χ1n) is 12.1. The zero-order chi connectivity index (χ0) is 27.4. The summed E-state index contributed by atoms with van der Waals surface area (Å²) in [5.41, 5.74) is 0.824. The molecule has 0 radical (unpaired) electrons. The molecule has 2 N–H and O–H groups in total. The van der Waals surface area contributed by atoms with Gasteiger partial charge >= 0.3 is 13.7 Å². The quantitative estimate of drug-likeness (QED) is 0.158. The molecule has 1 heterocycles. The molecule has 0 aromatic heterocycles. The summed E-state index contributed by atoms with van der Waals surface area (Å²) >= 11 is 0. The van der Waals surface area contributed by atoms with Gasteiger partial charge in [0.2, 0.25) is 6.41 Å². The van der Waals surface area contributed by atoms with Crippen molar-refractivity contribution in [3.8, 4) is 5.75 Å². The van der Waals surface area contributed by atoms with Crippen molar-refractivity contribution in [2.24, 2.45) is 0 Å². The monoisotopic (exact) mass is 545 g/mol. The smallest absolute Gasteiger partial charge is 0.459 e. The van der Waals surface area contributed by atoms with Gasteiger partial charge in [-0.15, -0.1) is 0 Å². The molecule has 2 aromatic carbocycles. The summed E-state index contributed by atoms with van der Waals surface area (Å²) in [6.45, 7) is 1.52. The first-order chi connectivity index (χ1) is 18.3. The Morgan fingerprint density at radius 3 is 2.50 bits per heavy atom. The van der Waals surface area contributed by atoms with Crippen LogP contribution in [0.4, 0.5) is 0 Å². The van der Waals surface area contributed by atoms with Crippen molar-refractivity contribution < 1.29 is 37.5 Å². The van der Waals surface area contributed by atoms with Gasteiger partial charge < -0.3 is 18.9 Å². The Morgan fingerprint density at radius 1 is 1.13 bits per heavy atom. The van der Waals surface area contributed by atoms with Gasteiger partial charge in [0.05, 0.1) is 12.7 Å². The Hall–Kier alpha value is -3.50. The fraction of sp³-hybridized carbons (Fsp3) is 0.346. The largest absolute Gasteiger partial charge is 0.460 e. The number of hydrogen-bond acceptors (Lipinski definition) is 9. The minimum atomic E-state index is -4.02. The van der Waals surface area contributed by atoms with Crippen LogP contribution in [0.25, 0.3) is 0 Å². The number of ether oxygens (including phenoxy) is 2. The van der Waals surface area contributed by atoms with E-state index in [2.05, 4.69) is 5.09 Å². The lowest BCUT2D eigenvalue weighted by Gasteiger charge is -2.25. The van der Waals surface area contributed by atoms with Gasteiger partial charge in [0.1, 0.15) is 24.6 Å². The van der Waals surface area contributed by atoms with Crippen LogP contribution in [0.1, 0.15) is 25.3 Å². The minimum absolute atomic E-state index is 0.0669. The SMILES string of the molecule is CC(NP(=O)(OCC1CCC(N(C)/C=C\C(=O)NC=O)O1)Oc1ccccc1)C(=O)OCc1ccccc1. The van der Waals surface area contributed by atoms with Crippen LogP contribution in [0.3, 0.4) is 0 Å². The zero-order valence-electron chi connectivity index (χ0n) is 21.2. The van der Waals surface area contributed by atoms with E-state index >= 15 is 0 Å². The number of benzene rings is 2. The Morgan fingerprint density at radius 2 is 1.82 bits per heavy atom. The first kappa shape index (κ1) is 29.1. The van der Waals surface area contributed by atoms with Crippen LogP contribution >= 0.6 is 7.75 Å². The predicted octanol–water partition coefficient (Wildman–Crippen LogP) is 3.13. The van der Waals surface area contributed by atoms with E-state index in [1.54, 1.807) is 42.3 Å². The summed E-state index contributed by atoms with van der Waals surface area (Å²) in [6.07, 6.45) is 3.49. The number of imide groups is 1. The zero-order valence-corrected chi connectivity index (χ0v) is 22.1. The molecular weight excluding hydrogens is 513 g/mol. The molecule has 2 aromatic rings. The molecule has 11 nitrogen and oxygen atoms in total. The van der Waals surface area contributed by atoms with Gasteiger partial charge in [0.25, 0.3) is 5.91 Å². The van der Waals surface area contributed by atoms with Crippen LogP contribution in [0.5, 0.6) is 5.75 Å². The molecule has 4 atom stereocenters. The number of rotatable bonds is 14. The van der Waals surface area contributed by atoms with Gasteiger partial charge in [-0.05, 0) is 37.5 Å². The second kappa shape index (κ2) is 14.4. The van der Waals surface area contributed by atoms with Crippen LogP contribution in [-0.2, 0) is 39.6 Å². The van der Waals surface area contributed by atoms with E-state index in [9.17, 15) is 18.9 Å². The van der Waals surface area contributed by atoms with Crippen LogP contribution < -0.4 is 14.9 Å². The summed E-state index contributed by atoms with van der Waals surface area (Å²) in [4.78, 5) is 36.0. The lowest BCUT2D eigenvalue weighted by molar-refractivity contribution is -0.146. The van der Waals surface area contributed by atoms with Crippen LogP contribution in [0.15, 0.2) is 72.9 Å². The maximum atomic E-state index is 13.7. The lowest BCUT2D eigenvalue weighted by atomic mass is 10.2. The number of nitrogens with one attached hydrogen (secondary N) is 2. The average Bonchev–Trinajstić information content (AvgIpc) is 3.40. The normalized spacial score (nSPS) is 19.3. The third kappa shape index (κ3) is 9.42. The van der Waals surface area contributed by atoms with Crippen LogP contribution in [0.2, 0.25) is 0 Å². The number of nitrogens with zero attached hydrogens (tertiary/aromatic N) is 1. The fourth-order valence-electron chi connectivity index (χ4n) is 3.53. The fourth-order valence-corrected chi connectivity index (χ4v) is 5.05. The standard InChI is InChI=1S/C26H32N3O8P/c1-20(26(32)34-17-21-9-5-3-6-10-21)28-38(33,37-22-11-7-4-8-12-22)35-18-23-13-14-25(36-23)29(2)16-15-24(31)27-19-30/h3-12,15-16,19-20,23,25H,13-14,17-18H2,1-2H3,(H,28,33)(H,27,30,31)/b16-15-. The summed E-state index contributed by atoms with van der Waals surface area (Å²) in [6, 6.07) is 16.7. The molecule has 1 saturated heterocycles. The third-order valence-electron chi connectivity index (χ3n) is 5.53. The molecule has 3 rings (SSSR count). The Kier molecular flexibility index (Phi) is 11.0. The van der Waals surface area contributed by atoms with E-state index < -0.39 is 31.8 Å². The van der Waals surface area contributed by atoms with Crippen molar-refractivity contribution in [3.05, 3.63) is 78.5 Å². The van der Waals surface area contributed by atoms with Crippen molar-refractivity contribution in [2.75, 3.05) is 13.7 Å². The van der Waals surface area contributed by atoms with Crippen molar-refractivity contribution in [2.45, 2.75) is 44.7 Å². The molecule has 12 heteroatoms. The molecule has 0 aliphatic carbocycles. The van der Waals surface area contributed by atoms with Gasteiger partial charge in [-0.3, -0.25) is 24.2 Å².